The van der Waals surface area contributed by atoms with Gasteiger partial charge in [0.05, 0.1) is 13.2 Å². The van der Waals surface area contributed by atoms with Crippen molar-refractivity contribution in [3.8, 4) is 0 Å². The van der Waals surface area contributed by atoms with Gasteiger partial charge >= 0.3 is 19.8 Å². The van der Waals surface area contributed by atoms with Gasteiger partial charge < -0.3 is 20.1 Å². The van der Waals surface area contributed by atoms with Crippen molar-refractivity contribution >= 4 is 19.8 Å². The van der Waals surface area contributed by atoms with Crippen molar-refractivity contribution < 1.29 is 37.6 Å². The first-order chi connectivity index (χ1) is 23.8. The highest BCUT2D eigenvalue weighted by Gasteiger charge is 2.25. The molecule has 49 heavy (non-hydrogen) atoms. The largest absolute Gasteiger partial charge is 0.472 e. The van der Waals surface area contributed by atoms with Crippen LogP contribution in [0.4, 0.5) is 0 Å². The highest BCUT2D eigenvalue weighted by molar-refractivity contribution is 7.47. The van der Waals surface area contributed by atoms with Crippen molar-refractivity contribution in [2.24, 2.45) is 5.73 Å². The summed E-state index contributed by atoms with van der Waals surface area (Å²) in [5.74, 6) is -0.851. The molecule has 0 aromatic rings. The van der Waals surface area contributed by atoms with E-state index in [1.54, 1.807) is 0 Å². The van der Waals surface area contributed by atoms with E-state index >= 15 is 0 Å². The van der Waals surface area contributed by atoms with Gasteiger partial charge in [0.15, 0.2) is 6.10 Å². The van der Waals surface area contributed by atoms with Gasteiger partial charge in [0.1, 0.15) is 6.61 Å². The number of allylic oxidation sites excluding steroid dienone is 4. The molecular formula is C39H74NO8P. The summed E-state index contributed by atoms with van der Waals surface area (Å²) in [6, 6.07) is 0. The molecule has 0 aliphatic rings. The molecule has 0 aromatic carbocycles. The quantitative estimate of drug-likeness (QED) is 0.0279. The third-order valence-corrected chi connectivity index (χ3v) is 9.29. The van der Waals surface area contributed by atoms with E-state index in [1.165, 1.54) is 89.9 Å². The number of hydrogen-bond donors (Lipinski definition) is 2. The zero-order valence-corrected chi connectivity index (χ0v) is 32.3. The maximum absolute atomic E-state index is 12.5. The summed E-state index contributed by atoms with van der Waals surface area (Å²) < 4.78 is 32.6. The molecule has 3 N–H and O–H groups in total. The first-order valence-electron chi connectivity index (χ1n) is 19.8. The standard InChI is InChI=1S/C39H74NO8P/c1-3-5-7-9-11-13-15-17-18-20-22-24-26-28-30-32-39(42)48-37(36-47-49(43,44)46-34-33-40)35-45-38(41)31-29-27-25-23-21-19-16-14-12-10-8-6-4-2/h13,15,19,21,37H,3-12,14,16-18,20,22-36,40H2,1-2H3,(H,43,44)/b15-13+,21-19+/t37-/m1/s1. The lowest BCUT2D eigenvalue weighted by molar-refractivity contribution is -0.161. The Morgan fingerprint density at radius 2 is 1.00 bits per heavy atom. The third-order valence-electron chi connectivity index (χ3n) is 8.31. The molecule has 0 amide bonds. The highest BCUT2D eigenvalue weighted by atomic mass is 31.2. The minimum atomic E-state index is -4.37. The van der Waals surface area contributed by atoms with Gasteiger partial charge in [0.2, 0.25) is 0 Å². The Morgan fingerprint density at radius 1 is 0.592 bits per heavy atom. The van der Waals surface area contributed by atoms with E-state index in [1.807, 2.05) is 0 Å². The van der Waals surface area contributed by atoms with Crippen LogP contribution in [0.15, 0.2) is 24.3 Å². The smallest absolute Gasteiger partial charge is 0.462 e. The average molecular weight is 716 g/mol. The Balaban J connectivity index is 4.23. The molecule has 10 heteroatoms. The summed E-state index contributed by atoms with van der Waals surface area (Å²) in [6.45, 7) is 3.68. The molecule has 0 fully saturated rings. The molecule has 0 saturated carbocycles. The summed E-state index contributed by atoms with van der Waals surface area (Å²) >= 11 is 0. The first-order valence-corrected chi connectivity index (χ1v) is 21.3. The van der Waals surface area contributed by atoms with Crippen molar-refractivity contribution in [2.45, 2.75) is 187 Å². The van der Waals surface area contributed by atoms with Gasteiger partial charge in [0, 0.05) is 19.4 Å². The lowest BCUT2D eigenvalue weighted by Crippen LogP contribution is -2.29. The van der Waals surface area contributed by atoms with Gasteiger partial charge in [-0.2, -0.15) is 0 Å². The second kappa shape index (κ2) is 36.3. The zero-order valence-electron chi connectivity index (χ0n) is 31.4. The van der Waals surface area contributed by atoms with Crippen molar-refractivity contribution in [3.63, 3.8) is 0 Å². The number of nitrogens with two attached hydrogens (primary N) is 1. The van der Waals surface area contributed by atoms with Crippen molar-refractivity contribution in [1.82, 2.24) is 0 Å². The number of unbranched alkanes of at least 4 members (excludes halogenated alkanes) is 20. The van der Waals surface area contributed by atoms with Crippen LogP contribution in [0.5, 0.6) is 0 Å². The summed E-state index contributed by atoms with van der Waals surface area (Å²) in [5, 5.41) is 0. The lowest BCUT2D eigenvalue weighted by atomic mass is 10.1. The van der Waals surface area contributed by atoms with Crippen molar-refractivity contribution in [2.75, 3.05) is 26.4 Å². The average Bonchev–Trinajstić information content (AvgIpc) is 3.08. The number of ether oxygens (including phenoxy) is 2. The molecule has 0 spiro atoms. The van der Waals surface area contributed by atoms with E-state index < -0.39 is 32.5 Å². The molecule has 0 saturated heterocycles. The summed E-state index contributed by atoms with van der Waals surface area (Å²) in [4.78, 5) is 34.7. The third kappa shape index (κ3) is 36.1. The second-order valence-electron chi connectivity index (χ2n) is 13.1. The molecule has 0 radical (unpaired) electrons. The molecule has 0 rings (SSSR count). The van der Waals surface area contributed by atoms with Gasteiger partial charge in [-0.15, -0.1) is 0 Å². The molecule has 0 aliphatic heterocycles. The minimum Gasteiger partial charge on any atom is -0.462 e. The predicted molar refractivity (Wildman–Crippen MR) is 201 cm³/mol. The Labute approximate surface area is 300 Å². The van der Waals surface area contributed by atoms with Crippen LogP contribution >= 0.6 is 7.82 Å². The Kier molecular flexibility index (Phi) is 35.2. The fourth-order valence-electron chi connectivity index (χ4n) is 5.33. The Bertz CT molecular complexity index is 866. The van der Waals surface area contributed by atoms with Crippen LogP contribution in [-0.2, 0) is 32.7 Å². The number of carbonyl (C=O) groups excluding carboxylic acids is 2. The second-order valence-corrected chi connectivity index (χ2v) is 14.6. The van der Waals surface area contributed by atoms with E-state index in [0.29, 0.717) is 12.8 Å². The minimum absolute atomic E-state index is 0.0516. The lowest BCUT2D eigenvalue weighted by Gasteiger charge is -2.19. The van der Waals surface area contributed by atoms with Gasteiger partial charge in [-0.25, -0.2) is 4.57 Å². The van der Waals surface area contributed by atoms with Crippen LogP contribution in [0.3, 0.4) is 0 Å². The maximum Gasteiger partial charge on any atom is 0.472 e. The van der Waals surface area contributed by atoms with Crippen molar-refractivity contribution in [3.05, 3.63) is 24.3 Å². The molecular weight excluding hydrogens is 641 g/mol. The molecule has 288 valence electrons. The van der Waals surface area contributed by atoms with E-state index in [4.69, 9.17) is 24.3 Å². The monoisotopic (exact) mass is 716 g/mol. The SMILES string of the molecule is CCCCCC/C=C/CCCCCCCCCC(=O)O[C@H](COC(=O)CCCCC/C=C/CCCCCCCC)COP(=O)(O)OCCN. The fraction of sp³-hybridized carbons (Fsp3) is 0.846. The molecule has 0 heterocycles. The van der Waals surface area contributed by atoms with Crippen LogP contribution in [0.1, 0.15) is 181 Å². The van der Waals surface area contributed by atoms with Gasteiger partial charge in [-0.05, 0) is 64.2 Å². The van der Waals surface area contributed by atoms with Crippen LogP contribution in [-0.4, -0.2) is 49.3 Å². The van der Waals surface area contributed by atoms with Gasteiger partial charge in [-0.1, -0.05) is 128 Å². The molecule has 1 unspecified atom stereocenters. The zero-order chi connectivity index (χ0) is 36.1. The number of rotatable bonds is 37. The number of phosphoric ester groups is 1. The van der Waals surface area contributed by atoms with E-state index in [9.17, 15) is 19.0 Å². The predicted octanol–water partition coefficient (Wildman–Crippen LogP) is 10.8. The Hall–Kier alpha value is -1.51. The van der Waals surface area contributed by atoms with Gasteiger partial charge in [-0.3, -0.25) is 18.6 Å². The number of phosphoric acid groups is 1. The van der Waals surface area contributed by atoms with E-state index in [2.05, 4.69) is 38.2 Å². The molecule has 0 aliphatic carbocycles. The fourth-order valence-corrected chi connectivity index (χ4v) is 6.09. The molecule has 0 bridgehead atoms. The number of carbonyl (C=O) groups is 2. The summed E-state index contributed by atoms with van der Waals surface area (Å²) in [5.41, 5.74) is 5.33. The van der Waals surface area contributed by atoms with Crippen LogP contribution in [0.2, 0.25) is 0 Å². The summed E-state index contributed by atoms with van der Waals surface area (Å²) in [6.07, 6.45) is 36.3. The van der Waals surface area contributed by atoms with Crippen molar-refractivity contribution in [1.29, 1.82) is 0 Å². The summed E-state index contributed by atoms with van der Waals surface area (Å²) in [7, 11) is -4.37. The van der Waals surface area contributed by atoms with E-state index in [-0.39, 0.29) is 32.6 Å². The van der Waals surface area contributed by atoms with Crippen LogP contribution < -0.4 is 5.73 Å². The molecule has 0 aromatic heterocycles. The van der Waals surface area contributed by atoms with Gasteiger partial charge in [0.25, 0.3) is 0 Å². The molecule has 9 nitrogen and oxygen atoms in total. The highest BCUT2D eigenvalue weighted by Crippen LogP contribution is 2.43. The first kappa shape index (κ1) is 47.5. The maximum atomic E-state index is 12.5. The Morgan fingerprint density at radius 3 is 1.49 bits per heavy atom. The van der Waals surface area contributed by atoms with Crippen LogP contribution in [0, 0.1) is 0 Å². The topological polar surface area (TPSA) is 134 Å². The number of hydrogen-bond acceptors (Lipinski definition) is 8. The van der Waals surface area contributed by atoms with E-state index in [0.717, 1.165) is 51.4 Å². The van der Waals surface area contributed by atoms with Crippen LogP contribution in [0.25, 0.3) is 0 Å². The normalized spacial score (nSPS) is 13.6. The number of esters is 2. The molecule has 2 atom stereocenters.